The lowest BCUT2D eigenvalue weighted by atomic mass is 10.3. The highest BCUT2D eigenvalue weighted by atomic mass is 32.2. The molecule has 0 bridgehead atoms. The van der Waals surface area contributed by atoms with Crippen LogP contribution in [0.2, 0.25) is 25.7 Å². The number of aromatic nitrogens is 3. The maximum absolute atomic E-state index is 11.2. The van der Waals surface area contributed by atoms with Crippen LogP contribution in [0.1, 0.15) is 0 Å². The number of nitrogens with zero attached hydrogens (tertiary/aromatic N) is 4. The first-order valence-corrected chi connectivity index (χ1v) is 13.3. The summed E-state index contributed by atoms with van der Waals surface area (Å²) in [6.07, 6.45) is 5.12. The second-order valence-electron chi connectivity index (χ2n) is 7.41. The van der Waals surface area contributed by atoms with Crippen molar-refractivity contribution in [1.82, 2.24) is 14.5 Å². The van der Waals surface area contributed by atoms with Crippen molar-refractivity contribution in [1.29, 1.82) is 0 Å². The zero-order valence-corrected chi connectivity index (χ0v) is 17.1. The number of hydrogen-bond donors (Lipinski definition) is 1. The van der Waals surface area contributed by atoms with Crippen LogP contribution < -0.4 is 4.90 Å². The van der Waals surface area contributed by atoms with Gasteiger partial charge >= 0.3 is 5.97 Å². The Kier molecular flexibility index (Phi) is 5.69. The van der Waals surface area contributed by atoms with Crippen molar-refractivity contribution in [2.24, 2.45) is 0 Å². The van der Waals surface area contributed by atoms with Crippen LogP contribution in [-0.4, -0.2) is 52.6 Å². The summed E-state index contributed by atoms with van der Waals surface area (Å²) in [5.41, 5.74) is 0.798. The number of carboxylic acid groups (broad SMARTS) is 1. The standard InChI is InChI=1S/C17H24N4O3SSi/c1-26(2,3)9-7-24-12-21-5-4-13-15(18-11-19-16(13)21)20-6-8-25-14(10-20)17(22)23/h4-5,10-11H,6-9,12H2,1-3H3,(H,22,23). The maximum atomic E-state index is 11.2. The Labute approximate surface area is 158 Å². The Morgan fingerprint density at radius 1 is 1.38 bits per heavy atom. The van der Waals surface area contributed by atoms with Crippen molar-refractivity contribution in [2.75, 3.05) is 23.8 Å². The van der Waals surface area contributed by atoms with E-state index in [1.54, 1.807) is 6.20 Å². The molecule has 7 nitrogen and oxygen atoms in total. The number of carboxylic acids is 1. The number of aliphatic carboxylic acids is 1. The Bertz CT molecular complexity index is 831. The van der Waals surface area contributed by atoms with Crippen molar-refractivity contribution in [3.05, 3.63) is 29.7 Å². The minimum absolute atomic E-state index is 0.331. The maximum Gasteiger partial charge on any atom is 0.343 e. The molecule has 0 saturated carbocycles. The van der Waals surface area contributed by atoms with Gasteiger partial charge in [0.1, 0.15) is 29.4 Å². The number of fused-ring (bicyclic) bond motifs is 1. The van der Waals surface area contributed by atoms with Gasteiger partial charge in [-0.2, -0.15) is 0 Å². The average Bonchev–Trinajstić information content (AvgIpc) is 3.01. The van der Waals surface area contributed by atoms with Crippen molar-refractivity contribution >= 4 is 42.7 Å². The summed E-state index contributed by atoms with van der Waals surface area (Å²) in [6.45, 7) is 8.91. The van der Waals surface area contributed by atoms with Gasteiger partial charge in [0.2, 0.25) is 0 Å². The summed E-state index contributed by atoms with van der Waals surface area (Å²) in [7, 11) is -1.10. The zero-order valence-electron chi connectivity index (χ0n) is 15.3. The lowest BCUT2D eigenvalue weighted by molar-refractivity contribution is -0.131. The molecule has 3 rings (SSSR count). The van der Waals surface area contributed by atoms with Gasteiger partial charge in [-0.05, 0) is 12.1 Å². The summed E-state index contributed by atoms with van der Waals surface area (Å²) >= 11 is 1.35. The predicted octanol–water partition coefficient (Wildman–Crippen LogP) is 3.22. The van der Waals surface area contributed by atoms with E-state index in [2.05, 4.69) is 29.6 Å². The molecule has 140 valence electrons. The highest BCUT2D eigenvalue weighted by Gasteiger charge is 2.20. The Morgan fingerprint density at radius 2 is 2.19 bits per heavy atom. The summed E-state index contributed by atoms with van der Waals surface area (Å²) < 4.78 is 7.79. The van der Waals surface area contributed by atoms with Crippen molar-refractivity contribution in [3.63, 3.8) is 0 Å². The average molecular weight is 393 g/mol. The van der Waals surface area contributed by atoms with E-state index in [9.17, 15) is 9.90 Å². The second kappa shape index (κ2) is 7.81. The van der Waals surface area contributed by atoms with Gasteiger partial charge in [-0.1, -0.05) is 19.6 Å². The molecule has 0 spiro atoms. The Hall–Kier alpha value is -1.84. The zero-order chi connectivity index (χ0) is 18.7. The predicted molar refractivity (Wildman–Crippen MR) is 107 cm³/mol. The van der Waals surface area contributed by atoms with Crippen molar-refractivity contribution < 1.29 is 14.6 Å². The first-order valence-electron chi connectivity index (χ1n) is 8.57. The molecular weight excluding hydrogens is 368 g/mol. The Morgan fingerprint density at radius 3 is 2.92 bits per heavy atom. The lowest BCUT2D eigenvalue weighted by Crippen LogP contribution is -2.26. The van der Waals surface area contributed by atoms with Gasteiger partial charge in [0.05, 0.1) is 5.39 Å². The highest BCUT2D eigenvalue weighted by molar-refractivity contribution is 8.04. The normalized spacial score (nSPS) is 15.3. The molecule has 0 fully saturated rings. The minimum Gasteiger partial charge on any atom is -0.477 e. The summed E-state index contributed by atoms with van der Waals surface area (Å²) in [4.78, 5) is 22.2. The van der Waals surface area contributed by atoms with Crippen LogP contribution in [-0.2, 0) is 16.3 Å². The highest BCUT2D eigenvalue weighted by Crippen LogP contribution is 2.29. The van der Waals surface area contributed by atoms with Crippen molar-refractivity contribution in [2.45, 2.75) is 32.4 Å². The SMILES string of the molecule is C[Si](C)(C)CCOCn1ccc2c(N3C=C(C(=O)O)SCC3)ncnc21. The van der Waals surface area contributed by atoms with E-state index in [4.69, 9.17) is 4.74 Å². The fraction of sp³-hybridized carbons (Fsp3) is 0.471. The van der Waals surface area contributed by atoms with E-state index in [0.29, 0.717) is 23.9 Å². The third kappa shape index (κ3) is 4.46. The molecule has 0 aliphatic carbocycles. The van der Waals surface area contributed by atoms with Gasteiger partial charge < -0.3 is 19.3 Å². The first kappa shape index (κ1) is 18.9. The van der Waals surface area contributed by atoms with Gasteiger partial charge in [0, 0.05) is 39.4 Å². The smallest absolute Gasteiger partial charge is 0.343 e. The number of thioether (sulfide) groups is 1. The van der Waals surface area contributed by atoms with E-state index in [1.807, 2.05) is 21.7 Å². The minimum atomic E-state index is -1.10. The van der Waals surface area contributed by atoms with Gasteiger partial charge in [0.15, 0.2) is 0 Å². The number of anilines is 1. The van der Waals surface area contributed by atoms with Gasteiger partial charge in [-0.15, -0.1) is 11.8 Å². The van der Waals surface area contributed by atoms with Crippen LogP contribution >= 0.6 is 11.8 Å². The van der Waals surface area contributed by atoms with Crippen LogP contribution in [0.15, 0.2) is 29.7 Å². The van der Waals surface area contributed by atoms with Gasteiger partial charge in [0.25, 0.3) is 0 Å². The number of carbonyl (C=O) groups is 1. The first-order chi connectivity index (χ1) is 12.3. The fourth-order valence-corrected chi connectivity index (χ4v) is 4.24. The van der Waals surface area contributed by atoms with Crippen LogP contribution in [0, 0.1) is 0 Å². The molecule has 0 aromatic carbocycles. The quantitative estimate of drug-likeness (QED) is 0.572. The van der Waals surface area contributed by atoms with Crippen LogP contribution in [0.4, 0.5) is 5.82 Å². The number of ether oxygens (including phenoxy) is 1. The van der Waals surface area contributed by atoms with Gasteiger partial charge in [-0.3, -0.25) is 0 Å². The molecule has 3 heterocycles. The molecule has 26 heavy (non-hydrogen) atoms. The largest absolute Gasteiger partial charge is 0.477 e. The fourth-order valence-electron chi connectivity index (χ4n) is 2.65. The molecule has 0 amide bonds. The van der Waals surface area contributed by atoms with E-state index >= 15 is 0 Å². The monoisotopic (exact) mass is 392 g/mol. The summed E-state index contributed by atoms with van der Waals surface area (Å²) in [5.74, 6) is 0.540. The molecule has 0 atom stereocenters. The van der Waals surface area contributed by atoms with E-state index in [0.717, 1.165) is 29.5 Å². The summed E-state index contributed by atoms with van der Waals surface area (Å²) in [6, 6.07) is 3.09. The molecule has 9 heteroatoms. The molecule has 0 saturated heterocycles. The lowest BCUT2D eigenvalue weighted by Gasteiger charge is -2.24. The third-order valence-electron chi connectivity index (χ3n) is 4.11. The molecule has 2 aromatic heterocycles. The molecule has 1 aliphatic heterocycles. The van der Waals surface area contributed by atoms with Gasteiger partial charge in [-0.25, -0.2) is 14.8 Å². The van der Waals surface area contributed by atoms with E-state index < -0.39 is 14.0 Å². The van der Waals surface area contributed by atoms with Crippen LogP contribution in [0.3, 0.4) is 0 Å². The van der Waals surface area contributed by atoms with E-state index in [-0.39, 0.29) is 0 Å². The number of hydrogen-bond acceptors (Lipinski definition) is 6. The molecular formula is C17H24N4O3SSi. The van der Waals surface area contributed by atoms with E-state index in [1.165, 1.54) is 18.1 Å². The second-order valence-corrected chi connectivity index (χ2v) is 14.2. The topological polar surface area (TPSA) is 80.5 Å². The van der Waals surface area contributed by atoms with Crippen LogP contribution in [0.5, 0.6) is 0 Å². The molecule has 2 aromatic rings. The molecule has 0 unspecified atom stereocenters. The summed E-state index contributed by atoms with van der Waals surface area (Å²) in [5, 5.41) is 10.1. The molecule has 0 radical (unpaired) electrons. The van der Waals surface area contributed by atoms with Crippen LogP contribution in [0.25, 0.3) is 11.0 Å². The molecule has 1 aliphatic rings. The Balaban J connectivity index is 1.78. The number of rotatable bonds is 7. The van der Waals surface area contributed by atoms with Crippen molar-refractivity contribution in [3.8, 4) is 0 Å². The third-order valence-corrected chi connectivity index (χ3v) is 6.79. The molecule has 1 N–H and O–H groups in total.